The molecule has 0 amide bonds. The maximum absolute atomic E-state index is 13.7. The third kappa shape index (κ3) is 2.59. The molecule has 2 aromatic carbocycles. The van der Waals surface area contributed by atoms with Crippen molar-refractivity contribution in [3.63, 3.8) is 0 Å². The standard InChI is InChI=1S/C13H8F4N2O2S/c14-6-4-5-7(10(15)11(6)18)19-22-9-3-1-2-8-12(9)21-13(16,17)20-8/h1-5,19H,18H2. The number of fused-ring (bicyclic) bond motifs is 1. The van der Waals surface area contributed by atoms with Crippen molar-refractivity contribution in [3.05, 3.63) is 42.0 Å². The molecule has 0 bridgehead atoms. The molecule has 22 heavy (non-hydrogen) atoms. The Morgan fingerprint density at radius 2 is 1.86 bits per heavy atom. The van der Waals surface area contributed by atoms with E-state index in [1.807, 2.05) is 0 Å². The molecule has 2 aromatic rings. The summed E-state index contributed by atoms with van der Waals surface area (Å²) in [7, 11) is 0. The normalized spacial score (nSPS) is 14.9. The number of benzene rings is 2. The van der Waals surface area contributed by atoms with Crippen LogP contribution in [0.15, 0.2) is 35.2 Å². The van der Waals surface area contributed by atoms with Crippen molar-refractivity contribution in [3.8, 4) is 11.5 Å². The quantitative estimate of drug-likeness (QED) is 0.506. The average molecular weight is 332 g/mol. The van der Waals surface area contributed by atoms with Crippen molar-refractivity contribution in [2.75, 3.05) is 10.5 Å². The maximum Gasteiger partial charge on any atom is 0.586 e. The zero-order valence-corrected chi connectivity index (χ0v) is 11.5. The molecule has 0 spiro atoms. The minimum absolute atomic E-state index is 0.0906. The lowest BCUT2D eigenvalue weighted by Crippen LogP contribution is -2.26. The first-order valence-electron chi connectivity index (χ1n) is 5.92. The van der Waals surface area contributed by atoms with Crippen molar-refractivity contribution in [2.45, 2.75) is 11.2 Å². The highest BCUT2D eigenvalue weighted by Crippen LogP contribution is 2.46. The second-order valence-electron chi connectivity index (χ2n) is 4.28. The molecule has 116 valence electrons. The summed E-state index contributed by atoms with van der Waals surface area (Å²) in [5.41, 5.74) is 4.51. The summed E-state index contributed by atoms with van der Waals surface area (Å²) in [5, 5.41) is 0. The fourth-order valence-electron chi connectivity index (χ4n) is 1.78. The van der Waals surface area contributed by atoms with E-state index in [1.165, 1.54) is 18.2 Å². The van der Waals surface area contributed by atoms with Crippen molar-refractivity contribution in [1.82, 2.24) is 0 Å². The van der Waals surface area contributed by atoms with Crippen LogP contribution in [0, 0.1) is 11.6 Å². The van der Waals surface area contributed by atoms with Gasteiger partial charge in [0, 0.05) is 0 Å². The van der Waals surface area contributed by atoms with E-state index < -0.39 is 23.6 Å². The van der Waals surface area contributed by atoms with Crippen molar-refractivity contribution in [2.24, 2.45) is 0 Å². The minimum Gasteiger partial charge on any atom is -0.395 e. The predicted molar refractivity (Wildman–Crippen MR) is 72.9 cm³/mol. The number of anilines is 2. The highest BCUT2D eigenvalue weighted by atomic mass is 32.2. The molecule has 0 atom stereocenters. The van der Waals surface area contributed by atoms with Gasteiger partial charge in [-0.1, -0.05) is 6.07 Å². The van der Waals surface area contributed by atoms with Crippen LogP contribution in [0.1, 0.15) is 0 Å². The van der Waals surface area contributed by atoms with Gasteiger partial charge in [-0.25, -0.2) is 8.78 Å². The Kier molecular flexibility index (Phi) is 3.44. The second-order valence-corrected chi connectivity index (χ2v) is 5.13. The highest BCUT2D eigenvalue weighted by molar-refractivity contribution is 8.00. The average Bonchev–Trinajstić information content (AvgIpc) is 2.78. The Morgan fingerprint density at radius 3 is 2.64 bits per heavy atom. The van der Waals surface area contributed by atoms with E-state index in [2.05, 4.69) is 14.2 Å². The van der Waals surface area contributed by atoms with Gasteiger partial charge in [-0.2, -0.15) is 0 Å². The molecule has 9 heteroatoms. The summed E-state index contributed by atoms with van der Waals surface area (Å²) in [6.45, 7) is 0. The largest absolute Gasteiger partial charge is 0.586 e. The van der Waals surface area contributed by atoms with Gasteiger partial charge in [-0.05, 0) is 36.2 Å². The Morgan fingerprint density at radius 1 is 1.09 bits per heavy atom. The van der Waals surface area contributed by atoms with Crippen molar-refractivity contribution in [1.29, 1.82) is 0 Å². The van der Waals surface area contributed by atoms with Crippen molar-refractivity contribution < 1.29 is 27.0 Å². The van der Waals surface area contributed by atoms with Crippen molar-refractivity contribution >= 4 is 23.3 Å². The third-order valence-electron chi connectivity index (χ3n) is 2.79. The van der Waals surface area contributed by atoms with E-state index in [0.29, 0.717) is 0 Å². The number of halogens is 4. The lowest BCUT2D eigenvalue weighted by Gasteiger charge is -2.10. The van der Waals surface area contributed by atoms with Crippen LogP contribution in [-0.2, 0) is 0 Å². The van der Waals surface area contributed by atoms with Gasteiger partial charge in [0.2, 0.25) is 0 Å². The zero-order chi connectivity index (χ0) is 15.9. The molecule has 1 aliphatic rings. The van der Waals surface area contributed by atoms with Gasteiger partial charge >= 0.3 is 6.29 Å². The van der Waals surface area contributed by atoms with Gasteiger partial charge in [-0.3, -0.25) is 0 Å². The van der Waals surface area contributed by atoms with Gasteiger partial charge < -0.3 is 19.9 Å². The molecule has 0 fully saturated rings. The third-order valence-corrected chi connectivity index (χ3v) is 3.65. The molecule has 1 aliphatic heterocycles. The van der Waals surface area contributed by atoms with E-state index >= 15 is 0 Å². The van der Waals surface area contributed by atoms with Crippen LogP contribution in [-0.4, -0.2) is 6.29 Å². The molecule has 0 unspecified atom stereocenters. The summed E-state index contributed by atoms with van der Waals surface area (Å²) < 4.78 is 64.2. The van der Waals surface area contributed by atoms with E-state index in [1.54, 1.807) is 0 Å². The molecule has 3 N–H and O–H groups in total. The van der Waals surface area contributed by atoms with Crippen LogP contribution in [0.2, 0.25) is 0 Å². The Bertz CT molecular complexity index is 742. The Labute approximate surface area is 126 Å². The molecule has 3 rings (SSSR count). The molecule has 0 aliphatic carbocycles. The monoisotopic (exact) mass is 332 g/mol. The summed E-state index contributed by atoms with van der Waals surface area (Å²) >= 11 is 0.802. The number of ether oxygens (including phenoxy) is 2. The second kappa shape index (κ2) is 5.16. The number of hydrogen-bond donors (Lipinski definition) is 2. The van der Waals surface area contributed by atoms with E-state index in [-0.39, 0.29) is 22.1 Å². The number of para-hydroxylation sites is 1. The van der Waals surface area contributed by atoms with Gasteiger partial charge in [0.05, 0.1) is 10.6 Å². The van der Waals surface area contributed by atoms with Gasteiger partial charge in [0.1, 0.15) is 11.5 Å². The number of nitrogens with one attached hydrogen (secondary N) is 1. The van der Waals surface area contributed by atoms with E-state index in [0.717, 1.165) is 24.1 Å². The minimum atomic E-state index is -3.75. The Balaban J connectivity index is 1.82. The van der Waals surface area contributed by atoms with Gasteiger partial charge in [-0.15, -0.1) is 8.78 Å². The fourth-order valence-corrected chi connectivity index (χ4v) is 2.54. The smallest absolute Gasteiger partial charge is 0.395 e. The van der Waals surface area contributed by atoms with Gasteiger partial charge in [0.15, 0.2) is 17.3 Å². The van der Waals surface area contributed by atoms with Crippen LogP contribution in [0.3, 0.4) is 0 Å². The van der Waals surface area contributed by atoms with Crippen LogP contribution in [0.5, 0.6) is 11.5 Å². The predicted octanol–water partition coefficient (Wildman–Crippen LogP) is 3.99. The first-order chi connectivity index (χ1) is 10.4. The first-order valence-corrected chi connectivity index (χ1v) is 6.74. The molecule has 4 nitrogen and oxygen atoms in total. The van der Waals surface area contributed by atoms with Crippen LogP contribution in [0.25, 0.3) is 0 Å². The highest BCUT2D eigenvalue weighted by Gasteiger charge is 2.44. The maximum atomic E-state index is 13.7. The summed E-state index contributed by atoms with van der Waals surface area (Å²) in [6, 6.07) is 6.40. The number of hydrogen-bond acceptors (Lipinski definition) is 5. The molecular formula is C13H8F4N2O2S. The number of nitrogen functional groups attached to an aromatic ring is 1. The van der Waals surface area contributed by atoms with E-state index in [9.17, 15) is 17.6 Å². The van der Waals surface area contributed by atoms with Crippen LogP contribution in [0.4, 0.5) is 28.9 Å². The molecule has 0 saturated heterocycles. The molecule has 0 aromatic heterocycles. The summed E-state index contributed by atoms with van der Waals surface area (Å²) in [4.78, 5) is 0.247. The topological polar surface area (TPSA) is 56.5 Å². The molecular weight excluding hydrogens is 324 g/mol. The zero-order valence-electron chi connectivity index (χ0n) is 10.7. The lowest BCUT2D eigenvalue weighted by atomic mass is 10.2. The molecule has 0 radical (unpaired) electrons. The molecule has 0 saturated carbocycles. The van der Waals surface area contributed by atoms with E-state index in [4.69, 9.17) is 5.73 Å². The Hall–Kier alpha value is -2.29. The summed E-state index contributed by atoms with van der Waals surface area (Å²) in [6.07, 6.45) is -3.75. The van der Waals surface area contributed by atoms with Crippen LogP contribution >= 0.6 is 11.9 Å². The fraction of sp³-hybridized carbons (Fsp3) is 0.0769. The summed E-state index contributed by atoms with van der Waals surface area (Å²) in [5.74, 6) is -2.15. The SMILES string of the molecule is Nc1c(F)ccc(NSc2cccc3c2OC(F)(F)O3)c1F. The number of rotatable bonds is 3. The van der Waals surface area contributed by atoms with Gasteiger partial charge in [0.25, 0.3) is 0 Å². The van der Waals surface area contributed by atoms with Crippen LogP contribution < -0.4 is 19.9 Å². The molecule has 1 heterocycles. The number of nitrogens with two attached hydrogens (primary N) is 1. The number of alkyl halides is 2. The first kappa shape index (κ1) is 14.6. The lowest BCUT2D eigenvalue weighted by molar-refractivity contribution is -0.287.